The quantitative estimate of drug-likeness (QED) is 0.809. The van der Waals surface area contributed by atoms with Gasteiger partial charge in [0.15, 0.2) is 5.78 Å². The van der Waals surface area contributed by atoms with Crippen LogP contribution in [0.4, 0.5) is 0 Å². The third-order valence-electron chi connectivity index (χ3n) is 2.50. The Morgan fingerprint density at radius 3 is 2.76 bits per heavy atom. The molecule has 0 saturated heterocycles. The molecule has 0 aliphatic heterocycles. The summed E-state index contributed by atoms with van der Waals surface area (Å²) >= 11 is 3.44. The fourth-order valence-corrected chi connectivity index (χ4v) is 2.06. The van der Waals surface area contributed by atoms with Gasteiger partial charge in [0.05, 0.1) is 34.7 Å². The first-order valence-corrected chi connectivity index (χ1v) is 5.86. The van der Waals surface area contributed by atoms with E-state index in [1.54, 1.807) is 10.7 Å². The standard InChI is InChI=1S/C11H11BrN4O/c1-7-11(12)9(16(2)15-7)5-10(17)8-3-4-13-14-6-8/h3-4,6H,5H2,1-2H3. The molecule has 0 unspecified atom stereocenters. The van der Waals surface area contributed by atoms with Crippen LogP contribution in [0.25, 0.3) is 0 Å². The van der Waals surface area contributed by atoms with Gasteiger partial charge in [0, 0.05) is 12.6 Å². The van der Waals surface area contributed by atoms with Gasteiger partial charge in [0.25, 0.3) is 0 Å². The molecule has 5 nitrogen and oxygen atoms in total. The highest BCUT2D eigenvalue weighted by Gasteiger charge is 2.15. The first kappa shape index (κ1) is 11.9. The molecule has 0 atom stereocenters. The van der Waals surface area contributed by atoms with Gasteiger partial charge in [-0.25, -0.2) is 0 Å². The molecule has 88 valence electrons. The summed E-state index contributed by atoms with van der Waals surface area (Å²) in [7, 11) is 1.82. The number of nitrogens with zero attached hydrogens (tertiary/aromatic N) is 4. The van der Waals surface area contributed by atoms with Crippen LogP contribution >= 0.6 is 15.9 Å². The molecule has 0 spiro atoms. The van der Waals surface area contributed by atoms with Crippen LogP contribution in [0, 0.1) is 6.92 Å². The SMILES string of the molecule is Cc1nn(C)c(CC(=O)c2ccnnc2)c1Br. The Kier molecular flexibility index (Phi) is 3.33. The molecular weight excluding hydrogens is 284 g/mol. The number of hydrogen-bond donors (Lipinski definition) is 0. The maximum Gasteiger partial charge on any atom is 0.170 e. The Bertz CT molecular complexity index is 550. The highest BCUT2D eigenvalue weighted by Crippen LogP contribution is 2.21. The van der Waals surface area contributed by atoms with Gasteiger partial charge in [0.2, 0.25) is 0 Å². The van der Waals surface area contributed by atoms with E-state index in [4.69, 9.17) is 0 Å². The highest BCUT2D eigenvalue weighted by molar-refractivity contribution is 9.10. The predicted molar refractivity (Wildman–Crippen MR) is 65.7 cm³/mol. The lowest BCUT2D eigenvalue weighted by Gasteiger charge is -2.02. The molecule has 0 N–H and O–H groups in total. The molecular formula is C11H11BrN4O. The van der Waals surface area contributed by atoms with E-state index in [0.29, 0.717) is 12.0 Å². The molecule has 2 rings (SSSR count). The summed E-state index contributed by atoms with van der Waals surface area (Å²) in [5.41, 5.74) is 2.30. The fraction of sp³-hybridized carbons (Fsp3) is 0.273. The highest BCUT2D eigenvalue weighted by atomic mass is 79.9. The third kappa shape index (κ3) is 2.41. The maximum absolute atomic E-state index is 12.0. The van der Waals surface area contributed by atoms with E-state index in [1.807, 2.05) is 14.0 Å². The number of carbonyl (C=O) groups excluding carboxylic acids is 1. The summed E-state index contributed by atoms with van der Waals surface area (Å²) < 4.78 is 2.60. The van der Waals surface area contributed by atoms with Gasteiger partial charge in [-0.2, -0.15) is 15.3 Å². The Morgan fingerprint density at radius 2 is 2.24 bits per heavy atom. The Labute approximate surface area is 107 Å². The van der Waals surface area contributed by atoms with Crippen molar-refractivity contribution >= 4 is 21.7 Å². The summed E-state index contributed by atoms with van der Waals surface area (Å²) in [6.45, 7) is 1.89. The van der Waals surface area contributed by atoms with Crippen molar-refractivity contribution < 1.29 is 4.79 Å². The number of aromatic nitrogens is 4. The average Bonchev–Trinajstić information content (AvgIpc) is 2.57. The van der Waals surface area contributed by atoms with Crippen molar-refractivity contribution in [2.75, 3.05) is 0 Å². The van der Waals surface area contributed by atoms with Crippen molar-refractivity contribution in [3.05, 3.63) is 39.9 Å². The molecule has 17 heavy (non-hydrogen) atoms. The van der Waals surface area contributed by atoms with Crippen molar-refractivity contribution in [3.63, 3.8) is 0 Å². The van der Waals surface area contributed by atoms with Crippen LogP contribution in [0.5, 0.6) is 0 Å². The first-order valence-electron chi connectivity index (χ1n) is 5.07. The number of rotatable bonds is 3. The zero-order valence-corrected chi connectivity index (χ0v) is 11.1. The minimum absolute atomic E-state index is 0.00333. The molecule has 0 saturated carbocycles. The summed E-state index contributed by atoms with van der Waals surface area (Å²) in [6.07, 6.45) is 3.28. The van der Waals surface area contributed by atoms with Crippen LogP contribution in [0.1, 0.15) is 21.7 Å². The second-order valence-corrected chi connectivity index (χ2v) is 4.49. The lowest BCUT2D eigenvalue weighted by atomic mass is 10.1. The second kappa shape index (κ2) is 4.75. The summed E-state index contributed by atoms with van der Waals surface area (Å²) in [6, 6.07) is 1.66. The van der Waals surface area contributed by atoms with E-state index in [-0.39, 0.29) is 5.78 Å². The number of ketones is 1. The van der Waals surface area contributed by atoms with Crippen LogP contribution in [-0.2, 0) is 13.5 Å². The van der Waals surface area contributed by atoms with E-state index in [0.717, 1.165) is 15.9 Å². The van der Waals surface area contributed by atoms with Crippen LogP contribution in [-0.4, -0.2) is 25.8 Å². The number of carbonyl (C=O) groups is 1. The topological polar surface area (TPSA) is 60.7 Å². The van der Waals surface area contributed by atoms with Crippen molar-refractivity contribution in [1.29, 1.82) is 0 Å². The van der Waals surface area contributed by atoms with Crippen molar-refractivity contribution in [3.8, 4) is 0 Å². The molecule has 0 fully saturated rings. The number of aryl methyl sites for hydroxylation is 2. The van der Waals surface area contributed by atoms with Gasteiger partial charge in [-0.1, -0.05) is 0 Å². The Morgan fingerprint density at radius 1 is 1.47 bits per heavy atom. The smallest absolute Gasteiger partial charge is 0.170 e. The van der Waals surface area contributed by atoms with Gasteiger partial charge in [-0.3, -0.25) is 9.48 Å². The maximum atomic E-state index is 12.0. The largest absolute Gasteiger partial charge is 0.294 e. The first-order chi connectivity index (χ1) is 8.09. The molecule has 6 heteroatoms. The number of Topliss-reactive ketones (excluding diaryl/α,β-unsaturated/α-hetero) is 1. The molecule has 2 heterocycles. The molecule has 2 aromatic heterocycles. The Hall–Kier alpha value is -1.56. The summed E-state index contributed by atoms with van der Waals surface area (Å²) in [5, 5.41) is 11.6. The van der Waals surface area contributed by atoms with Gasteiger partial charge in [-0.15, -0.1) is 0 Å². The van der Waals surface area contributed by atoms with Crippen LogP contribution in [0.15, 0.2) is 22.9 Å². The molecule has 0 radical (unpaired) electrons. The van der Waals surface area contributed by atoms with Crippen molar-refractivity contribution in [2.45, 2.75) is 13.3 Å². The van der Waals surface area contributed by atoms with Gasteiger partial charge in [0.1, 0.15) is 0 Å². The lowest BCUT2D eigenvalue weighted by Crippen LogP contribution is -2.08. The van der Waals surface area contributed by atoms with E-state index in [9.17, 15) is 4.79 Å². The fourth-order valence-electron chi connectivity index (χ4n) is 1.58. The average molecular weight is 295 g/mol. The van der Waals surface area contributed by atoms with Crippen molar-refractivity contribution in [2.24, 2.45) is 7.05 Å². The summed E-state index contributed by atoms with van der Waals surface area (Å²) in [4.78, 5) is 12.0. The van der Waals surface area contributed by atoms with Gasteiger partial charge < -0.3 is 0 Å². The van der Waals surface area contributed by atoms with E-state index >= 15 is 0 Å². The zero-order valence-electron chi connectivity index (χ0n) is 9.51. The third-order valence-corrected chi connectivity index (χ3v) is 3.53. The second-order valence-electron chi connectivity index (χ2n) is 3.70. The Balaban J connectivity index is 2.25. The van der Waals surface area contributed by atoms with E-state index in [2.05, 4.69) is 31.2 Å². The van der Waals surface area contributed by atoms with Crippen LogP contribution in [0.3, 0.4) is 0 Å². The normalized spacial score (nSPS) is 10.5. The zero-order chi connectivity index (χ0) is 12.4. The van der Waals surface area contributed by atoms with Crippen LogP contribution < -0.4 is 0 Å². The lowest BCUT2D eigenvalue weighted by molar-refractivity contribution is 0.0990. The number of halogens is 1. The minimum atomic E-state index is 0.00333. The molecule has 0 aliphatic carbocycles. The molecule has 0 aromatic carbocycles. The van der Waals surface area contributed by atoms with E-state index < -0.39 is 0 Å². The predicted octanol–water partition coefficient (Wildman–Crippen LogP) is 1.71. The van der Waals surface area contributed by atoms with Gasteiger partial charge in [-0.05, 0) is 28.9 Å². The molecule has 2 aromatic rings. The number of hydrogen-bond acceptors (Lipinski definition) is 4. The molecule has 0 bridgehead atoms. The van der Waals surface area contributed by atoms with Crippen molar-refractivity contribution in [1.82, 2.24) is 20.0 Å². The molecule has 0 aliphatic rings. The minimum Gasteiger partial charge on any atom is -0.294 e. The summed E-state index contributed by atoms with van der Waals surface area (Å²) in [5.74, 6) is 0.00333. The van der Waals surface area contributed by atoms with Gasteiger partial charge >= 0.3 is 0 Å². The van der Waals surface area contributed by atoms with E-state index in [1.165, 1.54) is 12.4 Å². The monoisotopic (exact) mass is 294 g/mol. The van der Waals surface area contributed by atoms with Crippen LogP contribution in [0.2, 0.25) is 0 Å². The molecule has 0 amide bonds.